The van der Waals surface area contributed by atoms with Gasteiger partial charge in [0.1, 0.15) is 0 Å². The molecule has 0 saturated carbocycles. The van der Waals surface area contributed by atoms with Gasteiger partial charge in [0.15, 0.2) is 0 Å². The summed E-state index contributed by atoms with van der Waals surface area (Å²) in [4.78, 5) is 0. The largest absolute Gasteiger partial charge is 0.324 e. The highest BCUT2D eigenvalue weighted by molar-refractivity contribution is 6.31. The van der Waals surface area contributed by atoms with E-state index in [1.807, 2.05) is 24.3 Å². The van der Waals surface area contributed by atoms with Gasteiger partial charge < -0.3 is 5.84 Å². The molecule has 3 heteroatoms. The fourth-order valence-electron chi connectivity index (χ4n) is 0.815. The highest BCUT2D eigenvalue weighted by Gasteiger charge is 1.94. The van der Waals surface area contributed by atoms with Crippen LogP contribution in [0, 0.1) is 0 Å². The van der Waals surface area contributed by atoms with Gasteiger partial charge in [0, 0.05) is 17.7 Å². The van der Waals surface area contributed by atoms with Crippen molar-refractivity contribution >= 4 is 17.8 Å². The number of hydrazone groups is 1. The number of hydrogen-bond donors (Lipinski definition) is 1. The standard InChI is InChI=1S/C8H9ClN2/c9-8-4-2-1-3-7(8)5-6-11-10/h1-4,6H,5,10H2/b11-6+. The van der Waals surface area contributed by atoms with E-state index in [1.165, 1.54) is 0 Å². The van der Waals surface area contributed by atoms with Gasteiger partial charge in [-0.05, 0) is 11.6 Å². The average molecular weight is 169 g/mol. The fraction of sp³-hybridized carbons (Fsp3) is 0.125. The van der Waals surface area contributed by atoms with Gasteiger partial charge in [-0.2, -0.15) is 5.10 Å². The highest BCUT2D eigenvalue weighted by Crippen LogP contribution is 2.14. The molecule has 0 spiro atoms. The lowest BCUT2D eigenvalue weighted by Crippen LogP contribution is -1.89. The molecule has 0 bridgehead atoms. The van der Waals surface area contributed by atoms with Crippen LogP contribution in [0.3, 0.4) is 0 Å². The molecule has 11 heavy (non-hydrogen) atoms. The Kier molecular flexibility index (Phi) is 2.93. The van der Waals surface area contributed by atoms with Crippen LogP contribution in [0.15, 0.2) is 29.4 Å². The lowest BCUT2D eigenvalue weighted by molar-refractivity contribution is 1.23. The Bertz CT molecular complexity index is 258. The van der Waals surface area contributed by atoms with E-state index in [-0.39, 0.29) is 0 Å². The van der Waals surface area contributed by atoms with Crippen LogP contribution in [0.1, 0.15) is 5.56 Å². The number of nitrogens with two attached hydrogens (primary N) is 1. The molecule has 0 atom stereocenters. The van der Waals surface area contributed by atoms with Crippen molar-refractivity contribution in [1.29, 1.82) is 0 Å². The topological polar surface area (TPSA) is 38.4 Å². The lowest BCUT2D eigenvalue weighted by Gasteiger charge is -1.97. The third kappa shape index (κ3) is 2.24. The molecule has 0 heterocycles. The van der Waals surface area contributed by atoms with Gasteiger partial charge in [0.05, 0.1) is 0 Å². The zero-order chi connectivity index (χ0) is 8.10. The number of benzene rings is 1. The smallest absolute Gasteiger partial charge is 0.0441 e. The van der Waals surface area contributed by atoms with Gasteiger partial charge in [-0.1, -0.05) is 29.8 Å². The maximum absolute atomic E-state index is 5.86. The minimum Gasteiger partial charge on any atom is -0.324 e. The summed E-state index contributed by atoms with van der Waals surface area (Å²) < 4.78 is 0. The Morgan fingerprint density at radius 3 is 2.82 bits per heavy atom. The van der Waals surface area contributed by atoms with Gasteiger partial charge in [-0.3, -0.25) is 0 Å². The Hall–Kier alpha value is -1.02. The lowest BCUT2D eigenvalue weighted by atomic mass is 10.2. The second-order valence-corrected chi connectivity index (χ2v) is 2.53. The van der Waals surface area contributed by atoms with E-state index >= 15 is 0 Å². The molecule has 1 rings (SSSR count). The molecule has 1 aromatic rings. The molecule has 0 radical (unpaired) electrons. The summed E-state index contributed by atoms with van der Waals surface area (Å²) in [6, 6.07) is 7.63. The van der Waals surface area contributed by atoms with Crippen molar-refractivity contribution in [1.82, 2.24) is 0 Å². The first-order valence-electron chi connectivity index (χ1n) is 3.29. The average Bonchev–Trinajstić information content (AvgIpc) is 2.03. The molecule has 0 aliphatic rings. The number of rotatable bonds is 2. The van der Waals surface area contributed by atoms with E-state index in [4.69, 9.17) is 17.4 Å². The molecular weight excluding hydrogens is 160 g/mol. The van der Waals surface area contributed by atoms with Crippen LogP contribution in [0.4, 0.5) is 0 Å². The molecule has 1 aromatic carbocycles. The SMILES string of the molecule is N/N=C/Cc1ccccc1Cl. The molecule has 2 N–H and O–H groups in total. The van der Waals surface area contributed by atoms with E-state index < -0.39 is 0 Å². The molecular formula is C8H9ClN2. The van der Waals surface area contributed by atoms with Crippen molar-refractivity contribution in [3.05, 3.63) is 34.9 Å². The van der Waals surface area contributed by atoms with Crippen molar-refractivity contribution in [2.24, 2.45) is 10.9 Å². The summed E-state index contributed by atoms with van der Waals surface area (Å²) in [6.07, 6.45) is 2.32. The summed E-state index contributed by atoms with van der Waals surface area (Å²) >= 11 is 5.86. The minimum atomic E-state index is 0.691. The van der Waals surface area contributed by atoms with Crippen LogP contribution in [-0.2, 0) is 6.42 Å². The second kappa shape index (κ2) is 3.98. The van der Waals surface area contributed by atoms with Crippen LogP contribution in [0.2, 0.25) is 5.02 Å². The van der Waals surface area contributed by atoms with E-state index in [0.29, 0.717) is 6.42 Å². The van der Waals surface area contributed by atoms with E-state index in [1.54, 1.807) is 6.21 Å². The van der Waals surface area contributed by atoms with Crippen LogP contribution in [0.25, 0.3) is 0 Å². The monoisotopic (exact) mass is 168 g/mol. The molecule has 0 amide bonds. The van der Waals surface area contributed by atoms with Crippen molar-refractivity contribution in [2.45, 2.75) is 6.42 Å². The first-order chi connectivity index (χ1) is 5.34. The van der Waals surface area contributed by atoms with Crippen LogP contribution in [-0.4, -0.2) is 6.21 Å². The first kappa shape index (κ1) is 8.08. The molecule has 2 nitrogen and oxygen atoms in total. The zero-order valence-electron chi connectivity index (χ0n) is 6.00. The Morgan fingerprint density at radius 2 is 2.18 bits per heavy atom. The Balaban J connectivity index is 2.77. The third-order valence-electron chi connectivity index (χ3n) is 1.37. The summed E-state index contributed by atoms with van der Waals surface area (Å²) in [5, 5.41) is 4.15. The number of hydrogen-bond acceptors (Lipinski definition) is 2. The summed E-state index contributed by atoms with van der Waals surface area (Å²) in [5.41, 5.74) is 1.04. The van der Waals surface area contributed by atoms with Crippen molar-refractivity contribution < 1.29 is 0 Å². The van der Waals surface area contributed by atoms with Gasteiger partial charge in [-0.25, -0.2) is 0 Å². The first-order valence-corrected chi connectivity index (χ1v) is 3.67. The minimum absolute atomic E-state index is 0.691. The van der Waals surface area contributed by atoms with Crippen LogP contribution < -0.4 is 5.84 Å². The van der Waals surface area contributed by atoms with Gasteiger partial charge in [-0.15, -0.1) is 0 Å². The predicted molar refractivity (Wildman–Crippen MR) is 47.8 cm³/mol. The van der Waals surface area contributed by atoms with Gasteiger partial charge >= 0.3 is 0 Å². The maximum Gasteiger partial charge on any atom is 0.0441 e. The molecule has 58 valence electrons. The van der Waals surface area contributed by atoms with Gasteiger partial charge in [0.2, 0.25) is 0 Å². The third-order valence-corrected chi connectivity index (χ3v) is 1.74. The van der Waals surface area contributed by atoms with E-state index in [0.717, 1.165) is 10.6 Å². The normalized spacial score (nSPS) is 10.6. The van der Waals surface area contributed by atoms with Crippen molar-refractivity contribution in [2.75, 3.05) is 0 Å². The molecule has 0 saturated heterocycles. The number of halogens is 1. The predicted octanol–water partition coefficient (Wildman–Crippen LogP) is 1.83. The van der Waals surface area contributed by atoms with Crippen LogP contribution in [0.5, 0.6) is 0 Å². The molecule has 0 aromatic heterocycles. The summed E-state index contributed by atoms with van der Waals surface area (Å²) in [5.74, 6) is 4.95. The number of nitrogens with zero attached hydrogens (tertiary/aromatic N) is 1. The molecule has 0 aliphatic heterocycles. The molecule has 0 fully saturated rings. The van der Waals surface area contributed by atoms with E-state index in [9.17, 15) is 0 Å². The molecule has 0 aliphatic carbocycles. The Labute approximate surface area is 70.7 Å². The van der Waals surface area contributed by atoms with Crippen molar-refractivity contribution in [3.8, 4) is 0 Å². The highest BCUT2D eigenvalue weighted by atomic mass is 35.5. The summed E-state index contributed by atoms with van der Waals surface area (Å²) in [7, 11) is 0. The maximum atomic E-state index is 5.86. The summed E-state index contributed by atoms with van der Waals surface area (Å²) in [6.45, 7) is 0. The van der Waals surface area contributed by atoms with Crippen LogP contribution >= 0.6 is 11.6 Å². The Morgan fingerprint density at radius 1 is 1.45 bits per heavy atom. The second-order valence-electron chi connectivity index (χ2n) is 2.13. The fourth-order valence-corrected chi connectivity index (χ4v) is 1.03. The van der Waals surface area contributed by atoms with Crippen molar-refractivity contribution in [3.63, 3.8) is 0 Å². The zero-order valence-corrected chi connectivity index (χ0v) is 6.75. The quantitative estimate of drug-likeness (QED) is 0.409. The van der Waals surface area contributed by atoms with Gasteiger partial charge in [0.25, 0.3) is 0 Å². The molecule has 0 unspecified atom stereocenters. The van der Waals surface area contributed by atoms with E-state index in [2.05, 4.69) is 5.10 Å².